The number of carbonyl (C=O) groups excluding carboxylic acids is 1. The second-order valence-corrected chi connectivity index (χ2v) is 5.09. The molecule has 1 saturated heterocycles. The van der Waals surface area contributed by atoms with E-state index >= 15 is 0 Å². The molecule has 87 valence electrons. The monoisotopic (exact) mass is 213 g/mol. The Morgan fingerprint density at radius 2 is 2.00 bits per heavy atom. The summed E-state index contributed by atoms with van der Waals surface area (Å²) in [4.78, 5) is 15.5. The van der Waals surface area contributed by atoms with Gasteiger partial charge in [-0.15, -0.1) is 0 Å². The molecule has 0 aromatic heterocycles. The number of carbonyl (C=O) groups is 1. The molecule has 0 unspecified atom stereocenters. The van der Waals surface area contributed by atoms with Crippen molar-refractivity contribution in [2.45, 2.75) is 39.3 Å². The van der Waals surface area contributed by atoms with E-state index in [0.29, 0.717) is 19.1 Å². The van der Waals surface area contributed by atoms with Crippen LogP contribution in [0.5, 0.6) is 0 Å². The summed E-state index contributed by atoms with van der Waals surface area (Å²) < 4.78 is 5.31. The molecule has 0 aromatic carbocycles. The van der Waals surface area contributed by atoms with Gasteiger partial charge in [0.1, 0.15) is 5.60 Å². The van der Waals surface area contributed by atoms with Crippen molar-refractivity contribution in [3.05, 3.63) is 7.05 Å². The molecular weight excluding hydrogens is 192 g/mol. The van der Waals surface area contributed by atoms with Gasteiger partial charge in [0, 0.05) is 32.7 Å². The van der Waals surface area contributed by atoms with E-state index in [1.54, 1.807) is 4.90 Å². The molecule has 1 fully saturated rings. The molecule has 0 saturated carbocycles. The van der Waals surface area contributed by atoms with E-state index in [0.717, 1.165) is 6.54 Å². The number of piperazine rings is 1. The summed E-state index contributed by atoms with van der Waals surface area (Å²) in [6.07, 6.45) is -0.220. The topological polar surface area (TPSA) is 32.8 Å². The highest BCUT2D eigenvalue weighted by Gasteiger charge is 2.27. The second-order valence-electron chi connectivity index (χ2n) is 5.09. The van der Waals surface area contributed by atoms with Crippen molar-refractivity contribution in [1.29, 1.82) is 0 Å². The Labute approximate surface area is 92.2 Å². The molecular formula is C11H21N2O2. The van der Waals surface area contributed by atoms with Crippen LogP contribution in [0.3, 0.4) is 0 Å². The van der Waals surface area contributed by atoms with Gasteiger partial charge in [-0.25, -0.2) is 4.79 Å². The molecule has 0 spiro atoms. The average Bonchev–Trinajstić information content (AvgIpc) is 2.06. The number of hydrogen-bond acceptors (Lipinski definition) is 3. The Bertz CT molecular complexity index is 235. The summed E-state index contributed by atoms with van der Waals surface area (Å²) in [6.45, 7) is 9.90. The van der Waals surface area contributed by atoms with Gasteiger partial charge in [-0.1, -0.05) is 0 Å². The molecule has 4 heteroatoms. The van der Waals surface area contributed by atoms with Gasteiger partial charge in [0.05, 0.1) is 0 Å². The molecule has 1 amide bonds. The van der Waals surface area contributed by atoms with E-state index in [9.17, 15) is 4.79 Å². The molecule has 0 bridgehead atoms. The van der Waals surface area contributed by atoms with Crippen LogP contribution in [0.2, 0.25) is 0 Å². The molecule has 1 radical (unpaired) electrons. The highest BCUT2D eigenvalue weighted by Crippen LogP contribution is 2.13. The molecule has 0 aromatic rings. The quantitative estimate of drug-likeness (QED) is 0.614. The fourth-order valence-corrected chi connectivity index (χ4v) is 1.49. The number of hydrogen-bond donors (Lipinski definition) is 0. The van der Waals surface area contributed by atoms with Gasteiger partial charge in [-0.05, 0) is 27.7 Å². The third-order valence-electron chi connectivity index (χ3n) is 2.42. The Morgan fingerprint density at radius 3 is 2.47 bits per heavy atom. The Morgan fingerprint density at radius 1 is 1.40 bits per heavy atom. The molecule has 1 atom stereocenters. The number of ether oxygens (including phenoxy) is 1. The third kappa shape index (κ3) is 3.70. The van der Waals surface area contributed by atoms with Gasteiger partial charge in [0.15, 0.2) is 0 Å². The zero-order valence-electron chi connectivity index (χ0n) is 10.1. The molecule has 4 nitrogen and oxygen atoms in total. The normalized spacial score (nSPS) is 24.1. The van der Waals surface area contributed by atoms with E-state index in [4.69, 9.17) is 4.74 Å². The lowest BCUT2D eigenvalue weighted by Gasteiger charge is -2.38. The van der Waals surface area contributed by atoms with Crippen LogP contribution >= 0.6 is 0 Å². The third-order valence-corrected chi connectivity index (χ3v) is 2.42. The molecule has 15 heavy (non-hydrogen) atoms. The van der Waals surface area contributed by atoms with Crippen LogP contribution in [0, 0.1) is 7.05 Å². The summed E-state index contributed by atoms with van der Waals surface area (Å²) in [5, 5.41) is 0. The molecule has 1 aliphatic heterocycles. The van der Waals surface area contributed by atoms with Crippen LogP contribution in [0.15, 0.2) is 0 Å². The van der Waals surface area contributed by atoms with Crippen LogP contribution in [-0.4, -0.2) is 47.2 Å². The van der Waals surface area contributed by atoms with E-state index in [1.807, 2.05) is 25.7 Å². The van der Waals surface area contributed by atoms with Crippen molar-refractivity contribution in [2.24, 2.45) is 0 Å². The van der Waals surface area contributed by atoms with E-state index in [2.05, 4.69) is 14.0 Å². The van der Waals surface area contributed by atoms with Crippen molar-refractivity contribution >= 4 is 6.09 Å². The summed E-state index contributed by atoms with van der Waals surface area (Å²) >= 11 is 0. The number of rotatable bonds is 0. The number of nitrogens with zero attached hydrogens (tertiary/aromatic N) is 2. The smallest absolute Gasteiger partial charge is 0.410 e. The maximum absolute atomic E-state index is 11.7. The van der Waals surface area contributed by atoms with E-state index < -0.39 is 5.60 Å². The summed E-state index contributed by atoms with van der Waals surface area (Å²) in [6, 6.07) is 0.297. The maximum atomic E-state index is 11.7. The Hall–Kier alpha value is -0.770. The minimum absolute atomic E-state index is 0.220. The highest BCUT2D eigenvalue weighted by atomic mass is 16.6. The second kappa shape index (κ2) is 4.39. The Kier molecular flexibility index (Phi) is 3.60. The summed E-state index contributed by atoms with van der Waals surface area (Å²) in [5.41, 5.74) is -0.415. The predicted molar refractivity (Wildman–Crippen MR) is 59.3 cm³/mol. The standard InChI is InChI=1S/C11H21N2O2/c1-9-8-13(7-6-12(9)5)10(14)15-11(2,3)4/h9H,5-8H2,1-4H3/t9-/m1/s1. The minimum atomic E-state index is -0.415. The average molecular weight is 213 g/mol. The Balaban J connectivity index is 2.48. The van der Waals surface area contributed by atoms with Crippen LogP contribution in [0.1, 0.15) is 27.7 Å². The first-order valence-electron chi connectivity index (χ1n) is 5.34. The van der Waals surface area contributed by atoms with Gasteiger partial charge >= 0.3 is 6.09 Å². The van der Waals surface area contributed by atoms with Gasteiger partial charge in [0.25, 0.3) is 0 Å². The predicted octanol–water partition coefficient (Wildman–Crippen LogP) is 1.72. The molecule has 1 rings (SSSR count). The molecule has 1 heterocycles. The van der Waals surface area contributed by atoms with Crippen LogP contribution < -0.4 is 0 Å². The van der Waals surface area contributed by atoms with Crippen LogP contribution in [0.4, 0.5) is 4.79 Å². The van der Waals surface area contributed by atoms with E-state index in [-0.39, 0.29) is 6.09 Å². The largest absolute Gasteiger partial charge is 0.444 e. The van der Waals surface area contributed by atoms with Crippen LogP contribution in [0.25, 0.3) is 0 Å². The van der Waals surface area contributed by atoms with Gasteiger partial charge in [0.2, 0.25) is 0 Å². The fourth-order valence-electron chi connectivity index (χ4n) is 1.49. The van der Waals surface area contributed by atoms with E-state index in [1.165, 1.54) is 0 Å². The van der Waals surface area contributed by atoms with Crippen molar-refractivity contribution in [1.82, 2.24) is 9.80 Å². The first kappa shape index (κ1) is 12.3. The van der Waals surface area contributed by atoms with Gasteiger partial charge in [-0.3, -0.25) is 4.90 Å². The zero-order valence-corrected chi connectivity index (χ0v) is 10.1. The SMILES string of the molecule is [CH2]N1CCN(C(=O)OC(C)(C)C)C[C@H]1C. The zero-order chi connectivity index (χ0) is 11.6. The minimum Gasteiger partial charge on any atom is -0.444 e. The summed E-state index contributed by atoms with van der Waals surface area (Å²) in [5.74, 6) is 0. The number of amides is 1. The van der Waals surface area contributed by atoms with Crippen LogP contribution in [-0.2, 0) is 4.74 Å². The van der Waals surface area contributed by atoms with Crippen molar-refractivity contribution < 1.29 is 9.53 Å². The maximum Gasteiger partial charge on any atom is 0.410 e. The van der Waals surface area contributed by atoms with Crippen molar-refractivity contribution in [3.63, 3.8) is 0 Å². The lowest BCUT2D eigenvalue weighted by Crippen LogP contribution is -2.52. The van der Waals surface area contributed by atoms with Gasteiger partial charge in [-0.2, -0.15) is 0 Å². The highest BCUT2D eigenvalue weighted by molar-refractivity contribution is 5.68. The van der Waals surface area contributed by atoms with Crippen molar-refractivity contribution in [2.75, 3.05) is 19.6 Å². The molecule has 0 aliphatic carbocycles. The lowest BCUT2D eigenvalue weighted by molar-refractivity contribution is 0.0112. The van der Waals surface area contributed by atoms with Gasteiger partial charge < -0.3 is 9.64 Å². The first-order valence-corrected chi connectivity index (χ1v) is 5.34. The molecule has 0 N–H and O–H groups in total. The first-order chi connectivity index (χ1) is 6.79. The lowest BCUT2D eigenvalue weighted by atomic mass is 10.2. The fraction of sp³-hybridized carbons (Fsp3) is 0.818. The molecule has 1 aliphatic rings. The summed E-state index contributed by atoms with van der Waals surface area (Å²) in [7, 11) is 3.90. The van der Waals surface area contributed by atoms with Crippen molar-refractivity contribution in [3.8, 4) is 0 Å².